The molecule has 17 heavy (non-hydrogen) atoms. The van der Waals surface area contributed by atoms with Gasteiger partial charge in [0.15, 0.2) is 0 Å². The highest BCUT2D eigenvalue weighted by Crippen LogP contribution is 2.39. The first-order valence-electron chi connectivity index (χ1n) is 7.65. The van der Waals surface area contributed by atoms with Gasteiger partial charge in [-0.25, -0.2) is 0 Å². The summed E-state index contributed by atoms with van der Waals surface area (Å²) in [4.78, 5) is 0. The van der Waals surface area contributed by atoms with E-state index in [0.717, 1.165) is 18.4 Å². The van der Waals surface area contributed by atoms with E-state index in [1.807, 2.05) is 0 Å². The third-order valence-electron chi connectivity index (χ3n) is 4.54. The zero-order valence-electron chi connectivity index (χ0n) is 11.6. The first kappa shape index (κ1) is 13.4. The second kappa shape index (κ2) is 6.75. The fourth-order valence-electron chi connectivity index (χ4n) is 3.49. The van der Waals surface area contributed by atoms with Gasteiger partial charge in [0.1, 0.15) is 0 Å². The topological polar surface area (TPSA) is 21.3 Å². The van der Waals surface area contributed by atoms with Gasteiger partial charge in [-0.2, -0.15) is 0 Å². The Morgan fingerprint density at radius 1 is 1.00 bits per heavy atom. The fourth-order valence-corrected chi connectivity index (χ4v) is 3.49. The Balaban J connectivity index is 1.95. The molecule has 0 aromatic rings. The molecule has 0 spiro atoms. The summed E-state index contributed by atoms with van der Waals surface area (Å²) in [7, 11) is 2.13. The van der Waals surface area contributed by atoms with Crippen LogP contribution in [-0.2, 0) is 4.74 Å². The highest BCUT2D eigenvalue weighted by molar-refractivity contribution is 4.93. The summed E-state index contributed by atoms with van der Waals surface area (Å²) >= 11 is 0. The predicted octanol–water partition coefficient (Wildman–Crippen LogP) is 3.36. The molecule has 0 aromatic heterocycles. The molecule has 2 fully saturated rings. The van der Waals surface area contributed by atoms with Gasteiger partial charge >= 0.3 is 0 Å². The van der Waals surface area contributed by atoms with Crippen LogP contribution in [0.25, 0.3) is 0 Å². The Morgan fingerprint density at radius 3 is 2.12 bits per heavy atom. The van der Waals surface area contributed by atoms with Crippen molar-refractivity contribution in [2.24, 2.45) is 11.8 Å². The average Bonchev–Trinajstić information content (AvgIpc) is 3.17. The number of hydrogen-bond donors (Lipinski definition) is 1. The molecule has 2 saturated carbocycles. The molecule has 100 valence electrons. The lowest BCUT2D eigenvalue weighted by Gasteiger charge is -2.33. The summed E-state index contributed by atoms with van der Waals surface area (Å²) in [5.41, 5.74) is 0. The summed E-state index contributed by atoms with van der Waals surface area (Å²) in [5, 5.41) is 3.58. The highest BCUT2D eigenvalue weighted by atomic mass is 16.5. The Hall–Kier alpha value is -0.0800. The molecule has 0 bridgehead atoms. The van der Waals surface area contributed by atoms with Gasteiger partial charge in [-0.3, -0.25) is 0 Å². The summed E-state index contributed by atoms with van der Waals surface area (Å²) in [6.07, 6.45) is 11.8. The molecular weight excluding hydrogens is 210 g/mol. The molecule has 2 aliphatic rings. The largest absolute Gasteiger partial charge is 0.377 e. The van der Waals surface area contributed by atoms with Crippen LogP contribution >= 0.6 is 0 Å². The molecule has 0 radical (unpaired) electrons. The molecule has 0 heterocycles. The Kier molecular flexibility index (Phi) is 5.30. The van der Waals surface area contributed by atoms with Crippen LogP contribution in [0.2, 0.25) is 0 Å². The average molecular weight is 239 g/mol. The number of likely N-dealkylation sites (N-methyl/N-ethyl adjacent to an activating group) is 1. The molecule has 2 heteroatoms. The van der Waals surface area contributed by atoms with Crippen LogP contribution in [0.1, 0.15) is 58.3 Å². The summed E-state index contributed by atoms with van der Waals surface area (Å²) < 4.78 is 6.05. The van der Waals surface area contributed by atoms with E-state index >= 15 is 0 Å². The van der Waals surface area contributed by atoms with Crippen molar-refractivity contribution in [1.29, 1.82) is 0 Å². The van der Waals surface area contributed by atoms with Crippen molar-refractivity contribution in [3.8, 4) is 0 Å². The normalized spacial score (nSPS) is 26.5. The summed E-state index contributed by atoms with van der Waals surface area (Å²) in [5.74, 6) is 1.69. The van der Waals surface area contributed by atoms with Crippen LogP contribution in [0.3, 0.4) is 0 Å². The molecule has 0 saturated heterocycles. The van der Waals surface area contributed by atoms with Crippen LogP contribution in [0, 0.1) is 11.8 Å². The molecule has 2 rings (SSSR count). The number of nitrogens with one attached hydrogen (secondary N) is 1. The van der Waals surface area contributed by atoms with Crippen molar-refractivity contribution < 1.29 is 4.74 Å². The number of ether oxygens (including phenoxy) is 1. The van der Waals surface area contributed by atoms with Crippen molar-refractivity contribution in [2.45, 2.75) is 70.4 Å². The number of rotatable bonds is 6. The smallest absolute Gasteiger partial charge is 0.0758 e. The van der Waals surface area contributed by atoms with E-state index < -0.39 is 0 Å². The van der Waals surface area contributed by atoms with E-state index in [9.17, 15) is 0 Å². The van der Waals surface area contributed by atoms with Crippen LogP contribution in [0.5, 0.6) is 0 Å². The first-order chi connectivity index (χ1) is 8.36. The fraction of sp³-hybridized carbons (Fsp3) is 1.00. The van der Waals surface area contributed by atoms with Crippen molar-refractivity contribution in [2.75, 3.05) is 13.7 Å². The van der Waals surface area contributed by atoms with Crippen molar-refractivity contribution in [1.82, 2.24) is 5.32 Å². The van der Waals surface area contributed by atoms with Crippen molar-refractivity contribution >= 4 is 0 Å². The zero-order valence-corrected chi connectivity index (χ0v) is 11.6. The maximum Gasteiger partial charge on any atom is 0.0758 e. The summed E-state index contributed by atoms with van der Waals surface area (Å²) in [6, 6.07) is 0.598. The first-order valence-corrected chi connectivity index (χ1v) is 7.65. The maximum absolute atomic E-state index is 6.05. The van der Waals surface area contributed by atoms with Crippen LogP contribution in [-0.4, -0.2) is 25.8 Å². The van der Waals surface area contributed by atoms with Gasteiger partial charge in [-0.1, -0.05) is 25.7 Å². The number of hydrogen-bond acceptors (Lipinski definition) is 2. The molecule has 2 atom stereocenters. The van der Waals surface area contributed by atoms with E-state index in [0.29, 0.717) is 12.1 Å². The third-order valence-corrected chi connectivity index (χ3v) is 4.54. The van der Waals surface area contributed by atoms with Gasteiger partial charge in [0.05, 0.1) is 6.10 Å². The van der Waals surface area contributed by atoms with Crippen LogP contribution in [0.15, 0.2) is 0 Å². The molecule has 0 amide bonds. The van der Waals surface area contributed by atoms with Gasteiger partial charge in [-0.15, -0.1) is 0 Å². The van der Waals surface area contributed by atoms with Crippen LogP contribution < -0.4 is 5.32 Å². The quantitative estimate of drug-likeness (QED) is 0.718. The second-order valence-corrected chi connectivity index (χ2v) is 5.82. The third kappa shape index (κ3) is 3.69. The van der Waals surface area contributed by atoms with E-state index in [2.05, 4.69) is 19.3 Å². The molecule has 0 aliphatic heterocycles. The molecule has 0 aromatic carbocycles. The Morgan fingerprint density at radius 2 is 1.65 bits per heavy atom. The molecule has 1 N–H and O–H groups in total. The van der Waals surface area contributed by atoms with Gasteiger partial charge in [0, 0.05) is 12.6 Å². The second-order valence-electron chi connectivity index (χ2n) is 5.82. The lowest BCUT2D eigenvalue weighted by molar-refractivity contribution is 0.00281. The standard InChI is InChI=1S/C15H29NO/c1-3-17-15(13-10-11-13)14(16-2)12-8-6-4-5-7-9-12/h12-16H,3-11H2,1-2H3. The molecule has 2 nitrogen and oxygen atoms in total. The summed E-state index contributed by atoms with van der Waals surface area (Å²) in [6.45, 7) is 3.00. The highest BCUT2D eigenvalue weighted by Gasteiger charge is 2.39. The maximum atomic E-state index is 6.05. The predicted molar refractivity (Wildman–Crippen MR) is 72.2 cm³/mol. The lowest BCUT2D eigenvalue weighted by Crippen LogP contribution is -2.46. The van der Waals surface area contributed by atoms with E-state index in [1.54, 1.807) is 0 Å². The Bertz CT molecular complexity index is 207. The van der Waals surface area contributed by atoms with Crippen molar-refractivity contribution in [3.05, 3.63) is 0 Å². The van der Waals surface area contributed by atoms with Gasteiger partial charge in [-0.05, 0) is 51.5 Å². The van der Waals surface area contributed by atoms with Gasteiger partial charge in [0.2, 0.25) is 0 Å². The monoisotopic (exact) mass is 239 g/mol. The minimum Gasteiger partial charge on any atom is -0.377 e. The zero-order chi connectivity index (χ0) is 12.1. The Labute approximate surface area is 107 Å². The van der Waals surface area contributed by atoms with Crippen LogP contribution in [0.4, 0.5) is 0 Å². The van der Waals surface area contributed by atoms with Gasteiger partial charge in [0.25, 0.3) is 0 Å². The van der Waals surface area contributed by atoms with E-state index in [4.69, 9.17) is 4.74 Å². The minimum absolute atomic E-state index is 0.480. The molecular formula is C15H29NO. The molecule has 2 unspecified atom stereocenters. The van der Waals surface area contributed by atoms with E-state index in [1.165, 1.54) is 51.4 Å². The van der Waals surface area contributed by atoms with Gasteiger partial charge < -0.3 is 10.1 Å². The SMILES string of the molecule is CCOC(C1CC1)C(NC)C1CCCCCC1. The van der Waals surface area contributed by atoms with E-state index in [-0.39, 0.29) is 0 Å². The molecule has 2 aliphatic carbocycles. The lowest BCUT2D eigenvalue weighted by atomic mass is 9.86. The minimum atomic E-state index is 0.480. The van der Waals surface area contributed by atoms with Crippen molar-refractivity contribution in [3.63, 3.8) is 0 Å².